The highest BCUT2D eigenvalue weighted by Gasteiger charge is 2.41. The van der Waals surface area contributed by atoms with E-state index in [1.807, 2.05) is 0 Å². The van der Waals surface area contributed by atoms with Crippen molar-refractivity contribution in [2.45, 2.75) is 11.8 Å². The topological polar surface area (TPSA) is 3.24 Å². The van der Waals surface area contributed by atoms with E-state index < -0.39 is 0 Å². The molecule has 276 valence electrons. The van der Waals surface area contributed by atoms with E-state index in [4.69, 9.17) is 0 Å². The van der Waals surface area contributed by atoms with E-state index in [0.29, 0.717) is 4.48 Å². The number of quaternary nitrogens is 1. The van der Waals surface area contributed by atoms with Crippen LogP contribution in [0, 0.1) is 0 Å². The number of nitrogens with zero attached hydrogens (tertiary/aromatic N) is 2. The van der Waals surface area contributed by atoms with Crippen LogP contribution in [0.2, 0.25) is 0 Å². The lowest BCUT2D eigenvalue weighted by Gasteiger charge is -2.39. The van der Waals surface area contributed by atoms with Crippen LogP contribution in [0.4, 0.5) is 34.1 Å². The zero-order valence-corrected chi connectivity index (χ0v) is 32.3. The Morgan fingerprint density at radius 3 is 1.50 bits per heavy atom. The molecule has 1 unspecified atom stereocenters. The molecule has 1 aliphatic carbocycles. The fraction of sp³-hybridized carbons (Fsp3) is 0.0357. The van der Waals surface area contributed by atoms with E-state index in [9.17, 15) is 0 Å². The van der Waals surface area contributed by atoms with Crippen LogP contribution in [-0.4, -0.2) is 0 Å². The van der Waals surface area contributed by atoms with Crippen LogP contribution in [0.25, 0.3) is 21.5 Å². The summed E-state index contributed by atoms with van der Waals surface area (Å²) < 4.78 is 0.443. The lowest BCUT2D eigenvalue weighted by Crippen LogP contribution is -2.34. The quantitative estimate of drug-likeness (QED) is 0.133. The number of benzene rings is 9. The summed E-state index contributed by atoms with van der Waals surface area (Å²) in [6.07, 6.45) is 8.01. The second-order valence-corrected chi connectivity index (χ2v) is 15.1. The largest absolute Gasteiger partial charge is 0.310 e. The number of rotatable bonds is 9. The van der Waals surface area contributed by atoms with Crippen molar-refractivity contribution in [1.82, 2.24) is 4.48 Å². The summed E-state index contributed by atoms with van der Waals surface area (Å²) >= 11 is 0. The van der Waals surface area contributed by atoms with Gasteiger partial charge >= 0.3 is 0 Å². The zero-order chi connectivity index (χ0) is 38.8. The molecule has 0 bridgehead atoms. The molecule has 2 nitrogen and oxygen atoms in total. The van der Waals surface area contributed by atoms with Crippen LogP contribution in [-0.2, 0) is 5.41 Å². The highest BCUT2D eigenvalue weighted by Crippen LogP contribution is 2.54. The minimum absolute atomic E-state index is 0.376. The van der Waals surface area contributed by atoms with Crippen LogP contribution in [0.15, 0.2) is 254 Å². The summed E-state index contributed by atoms with van der Waals surface area (Å²) in [6, 6.07) is 83.8. The van der Waals surface area contributed by atoms with Gasteiger partial charge in [0, 0.05) is 70.0 Å². The Morgan fingerprint density at radius 1 is 0.397 bits per heavy atom. The van der Waals surface area contributed by atoms with Gasteiger partial charge in [-0.1, -0.05) is 176 Å². The van der Waals surface area contributed by atoms with Gasteiger partial charge in [-0.25, -0.2) is 0 Å². The Labute approximate surface area is 341 Å². The summed E-state index contributed by atoms with van der Waals surface area (Å²) in [6.45, 7) is 0. The van der Waals surface area contributed by atoms with Gasteiger partial charge in [0.05, 0.1) is 5.69 Å². The number of allylic oxidation sites excluding steroid dienone is 3. The number of para-hydroxylation sites is 3. The first-order chi connectivity index (χ1) is 28.8. The standard InChI is InChI=1S/C56H43N2/c1-5-23-45(24-6-1)56(41-39-48(40-42-56)57(47-25-7-2-8-26-47)54-33-17-21-43-19-13-15-31-52(43)54)46-35-37-51(38-36-46)58(49-27-9-3-10-28-49,50-29-11-4-12-30-50)55-34-18-22-44-20-14-16-32-53(44)55/h1-41H,42H2/q+1. The van der Waals surface area contributed by atoms with Gasteiger partial charge in [-0.2, -0.15) is 4.48 Å². The Bertz CT molecular complexity index is 2850. The Balaban J connectivity index is 1.13. The van der Waals surface area contributed by atoms with Crippen molar-refractivity contribution >= 4 is 55.7 Å². The molecular weight excluding hydrogens is 701 g/mol. The highest BCUT2D eigenvalue weighted by molar-refractivity contribution is 6.00. The van der Waals surface area contributed by atoms with Crippen molar-refractivity contribution in [2.24, 2.45) is 0 Å². The molecule has 10 rings (SSSR count). The predicted molar refractivity (Wildman–Crippen MR) is 246 cm³/mol. The summed E-state index contributed by atoms with van der Waals surface area (Å²) in [4.78, 5) is 2.41. The molecule has 0 amide bonds. The van der Waals surface area contributed by atoms with E-state index in [0.717, 1.165) is 17.8 Å². The molecule has 0 N–H and O–H groups in total. The third-order valence-electron chi connectivity index (χ3n) is 11.9. The van der Waals surface area contributed by atoms with Crippen molar-refractivity contribution in [3.63, 3.8) is 0 Å². The first-order valence-electron chi connectivity index (χ1n) is 20.1. The minimum atomic E-state index is -0.376. The normalized spacial score (nSPS) is 15.3. The predicted octanol–water partition coefficient (Wildman–Crippen LogP) is 15.3. The van der Waals surface area contributed by atoms with Gasteiger partial charge < -0.3 is 4.90 Å². The molecule has 9 aromatic rings. The fourth-order valence-corrected chi connectivity index (χ4v) is 9.18. The average molecular weight is 744 g/mol. The minimum Gasteiger partial charge on any atom is -0.310 e. The number of fused-ring (bicyclic) bond motifs is 2. The molecule has 0 aliphatic heterocycles. The maximum atomic E-state index is 2.44. The summed E-state index contributed by atoms with van der Waals surface area (Å²) in [5.74, 6) is 0. The number of hydrogen-bond acceptors (Lipinski definition) is 1. The van der Waals surface area contributed by atoms with Crippen LogP contribution in [0.1, 0.15) is 17.5 Å². The molecule has 1 atom stereocenters. The van der Waals surface area contributed by atoms with Gasteiger partial charge in [0.25, 0.3) is 0 Å². The summed E-state index contributed by atoms with van der Waals surface area (Å²) in [5, 5.41) is 4.90. The van der Waals surface area contributed by atoms with Crippen molar-refractivity contribution in [2.75, 3.05) is 4.90 Å². The third-order valence-corrected chi connectivity index (χ3v) is 11.9. The summed E-state index contributed by atoms with van der Waals surface area (Å²) in [7, 11) is 0. The molecule has 0 saturated heterocycles. The van der Waals surface area contributed by atoms with E-state index in [1.165, 1.54) is 61.1 Å². The van der Waals surface area contributed by atoms with Gasteiger partial charge in [-0.3, -0.25) is 0 Å². The first kappa shape index (κ1) is 35.2. The molecule has 0 spiro atoms. The Morgan fingerprint density at radius 2 is 0.879 bits per heavy atom. The maximum Gasteiger partial charge on any atom is 0.156 e. The highest BCUT2D eigenvalue weighted by atomic mass is 15.4. The lowest BCUT2D eigenvalue weighted by atomic mass is 9.70. The zero-order valence-electron chi connectivity index (χ0n) is 32.3. The Kier molecular flexibility index (Phi) is 9.10. The average Bonchev–Trinajstić information content (AvgIpc) is 3.31. The number of anilines is 2. The molecule has 0 saturated carbocycles. The molecular formula is C56H43N2+. The van der Waals surface area contributed by atoms with Gasteiger partial charge in [0.15, 0.2) is 5.69 Å². The van der Waals surface area contributed by atoms with Crippen LogP contribution >= 0.6 is 0 Å². The maximum absolute atomic E-state index is 2.44. The van der Waals surface area contributed by atoms with Crippen LogP contribution < -0.4 is 9.38 Å². The van der Waals surface area contributed by atoms with Crippen LogP contribution in [0.3, 0.4) is 0 Å². The molecule has 0 fully saturated rings. The van der Waals surface area contributed by atoms with Gasteiger partial charge in [0.1, 0.15) is 17.1 Å². The fourth-order valence-electron chi connectivity index (χ4n) is 9.18. The molecule has 0 aromatic heterocycles. The second kappa shape index (κ2) is 15.0. The molecule has 0 radical (unpaired) electrons. The van der Waals surface area contributed by atoms with E-state index >= 15 is 0 Å². The second-order valence-electron chi connectivity index (χ2n) is 15.1. The molecule has 9 aromatic carbocycles. The Hall–Kier alpha value is -7.26. The van der Waals surface area contributed by atoms with E-state index in [1.54, 1.807) is 0 Å². The van der Waals surface area contributed by atoms with Gasteiger partial charge in [-0.15, -0.1) is 0 Å². The summed E-state index contributed by atoms with van der Waals surface area (Å²) in [5.41, 5.74) is 10.3. The monoisotopic (exact) mass is 743 g/mol. The number of hydrogen-bond donors (Lipinski definition) is 0. The smallest absolute Gasteiger partial charge is 0.156 e. The van der Waals surface area contributed by atoms with E-state index in [-0.39, 0.29) is 5.41 Å². The molecule has 1 aliphatic rings. The third kappa shape index (κ3) is 5.94. The van der Waals surface area contributed by atoms with Crippen molar-refractivity contribution < 1.29 is 0 Å². The van der Waals surface area contributed by atoms with Crippen molar-refractivity contribution in [1.29, 1.82) is 0 Å². The van der Waals surface area contributed by atoms with Crippen molar-refractivity contribution in [3.05, 3.63) is 266 Å². The van der Waals surface area contributed by atoms with Crippen LogP contribution in [0.5, 0.6) is 0 Å². The molecule has 2 heteroatoms. The lowest BCUT2D eigenvalue weighted by molar-refractivity contribution is 0.640. The van der Waals surface area contributed by atoms with Crippen molar-refractivity contribution in [3.8, 4) is 0 Å². The van der Waals surface area contributed by atoms with E-state index in [2.05, 4.69) is 254 Å². The molecule has 0 heterocycles. The first-order valence-corrected chi connectivity index (χ1v) is 20.1. The van der Waals surface area contributed by atoms with Gasteiger partial charge in [-0.05, 0) is 58.7 Å². The van der Waals surface area contributed by atoms with Gasteiger partial charge in [0.2, 0.25) is 0 Å². The molecule has 58 heavy (non-hydrogen) atoms. The SMILES string of the molecule is C1=CC(c2ccccc2)(c2ccc([N+](c3ccccc3)(c3ccccc3)c3cccc4ccccc34)cc2)CC=C1N(c1ccccc1)c1cccc2ccccc12.